The molecule has 0 spiro atoms. The molecule has 0 radical (unpaired) electrons. The summed E-state index contributed by atoms with van der Waals surface area (Å²) < 4.78 is 0.607. The van der Waals surface area contributed by atoms with Crippen molar-refractivity contribution in [1.29, 1.82) is 0 Å². The lowest BCUT2D eigenvalue weighted by atomic mass is 10.1. The number of phenols is 1. The van der Waals surface area contributed by atoms with Gasteiger partial charge in [-0.25, -0.2) is 0 Å². The molecule has 13 heavy (non-hydrogen) atoms. The Morgan fingerprint density at radius 2 is 2.23 bits per heavy atom. The average molecular weight is 265 g/mol. The molecule has 2 nitrogen and oxygen atoms in total. The summed E-state index contributed by atoms with van der Waals surface area (Å²) in [5.41, 5.74) is 6.40. The van der Waals surface area contributed by atoms with Crippen molar-refractivity contribution in [3.05, 3.63) is 27.2 Å². The molecule has 0 saturated carbocycles. The molecule has 0 unspecified atom stereocenters. The molecule has 0 amide bonds. The number of nitrogens with two attached hydrogens (primary N) is 1. The van der Waals surface area contributed by atoms with Gasteiger partial charge < -0.3 is 10.8 Å². The van der Waals surface area contributed by atoms with Crippen LogP contribution in [0.15, 0.2) is 16.6 Å². The van der Waals surface area contributed by atoms with Gasteiger partial charge in [-0.1, -0.05) is 11.6 Å². The van der Waals surface area contributed by atoms with Crippen molar-refractivity contribution in [3.63, 3.8) is 0 Å². The lowest BCUT2D eigenvalue weighted by molar-refractivity contribution is 0.462. The topological polar surface area (TPSA) is 46.2 Å². The van der Waals surface area contributed by atoms with Crippen molar-refractivity contribution in [1.82, 2.24) is 0 Å². The average Bonchev–Trinajstić information content (AvgIpc) is 1.98. The largest absolute Gasteiger partial charge is 0.506 e. The van der Waals surface area contributed by atoms with Crippen LogP contribution in [0.2, 0.25) is 5.02 Å². The van der Waals surface area contributed by atoms with E-state index in [1.165, 1.54) is 0 Å². The molecule has 0 heterocycles. The van der Waals surface area contributed by atoms with Crippen LogP contribution in [0.1, 0.15) is 12.5 Å². The summed E-state index contributed by atoms with van der Waals surface area (Å²) in [4.78, 5) is 0. The van der Waals surface area contributed by atoms with Crippen LogP contribution in [-0.2, 0) is 6.42 Å². The molecule has 0 aromatic heterocycles. The second kappa shape index (κ2) is 4.31. The van der Waals surface area contributed by atoms with Crippen LogP contribution in [0, 0.1) is 0 Å². The fourth-order valence-corrected chi connectivity index (χ4v) is 2.00. The van der Waals surface area contributed by atoms with Gasteiger partial charge in [-0.05, 0) is 47.0 Å². The Morgan fingerprint density at radius 1 is 1.62 bits per heavy atom. The van der Waals surface area contributed by atoms with E-state index in [1.54, 1.807) is 12.1 Å². The molecule has 0 fully saturated rings. The zero-order valence-electron chi connectivity index (χ0n) is 7.22. The molecule has 1 atom stereocenters. The van der Waals surface area contributed by atoms with E-state index in [0.717, 1.165) is 5.56 Å². The first-order valence-corrected chi connectivity index (χ1v) is 5.10. The molecule has 1 aromatic carbocycles. The Bertz CT molecular complexity index is 315. The number of hydrogen-bond donors (Lipinski definition) is 2. The zero-order valence-corrected chi connectivity index (χ0v) is 9.56. The normalized spacial score (nSPS) is 12.9. The third kappa shape index (κ3) is 2.86. The Labute approximate surface area is 90.8 Å². The first-order chi connectivity index (χ1) is 6.00. The van der Waals surface area contributed by atoms with E-state index >= 15 is 0 Å². The highest BCUT2D eigenvalue weighted by atomic mass is 79.9. The molecular formula is C9H11BrClNO. The molecule has 1 aromatic rings. The van der Waals surface area contributed by atoms with Crippen LogP contribution in [0.25, 0.3) is 0 Å². The molecule has 0 aliphatic rings. The number of aromatic hydroxyl groups is 1. The quantitative estimate of drug-likeness (QED) is 0.863. The second-order valence-electron chi connectivity index (χ2n) is 3.08. The standard InChI is InChI=1S/C9H11BrClNO/c1-5(12)2-6-3-7(11)4-8(10)9(6)13/h3-5,13H,2,12H2,1H3/t5-/m0/s1. The van der Waals surface area contributed by atoms with Gasteiger partial charge in [-0.2, -0.15) is 0 Å². The zero-order chi connectivity index (χ0) is 10.0. The van der Waals surface area contributed by atoms with Crippen LogP contribution in [-0.4, -0.2) is 11.1 Å². The summed E-state index contributed by atoms with van der Waals surface area (Å²) >= 11 is 9.04. The number of benzene rings is 1. The number of rotatable bonds is 2. The third-order valence-electron chi connectivity index (χ3n) is 1.65. The van der Waals surface area contributed by atoms with Crippen molar-refractivity contribution >= 4 is 27.5 Å². The van der Waals surface area contributed by atoms with E-state index in [-0.39, 0.29) is 11.8 Å². The summed E-state index contributed by atoms with van der Waals surface area (Å²) in [6.07, 6.45) is 0.616. The van der Waals surface area contributed by atoms with Gasteiger partial charge in [-0.15, -0.1) is 0 Å². The van der Waals surface area contributed by atoms with E-state index in [2.05, 4.69) is 15.9 Å². The summed E-state index contributed by atoms with van der Waals surface area (Å²) in [5.74, 6) is 0.224. The van der Waals surface area contributed by atoms with Crippen LogP contribution in [0.4, 0.5) is 0 Å². The van der Waals surface area contributed by atoms with Gasteiger partial charge >= 0.3 is 0 Å². The lowest BCUT2D eigenvalue weighted by Crippen LogP contribution is -2.17. The van der Waals surface area contributed by atoms with Crippen LogP contribution < -0.4 is 5.73 Å². The van der Waals surface area contributed by atoms with Gasteiger partial charge in [0.2, 0.25) is 0 Å². The van der Waals surface area contributed by atoms with Crippen LogP contribution in [0.5, 0.6) is 5.75 Å². The fourth-order valence-electron chi connectivity index (χ4n) is 1.12. The number of hydrogen-bond acceptors (Lipinski definition) is 2. The summed E-state index contributed by atoms with van der Waals surface area (Å²) in [6.45, 7) is 1.88. The molecule has 4 heteroatoms. The maximum absolute atomic E-state index is 9.61. The Balaban J connectivity index is 3.05. The van der Waals surface area contributed by atoms with Crippen molar-refractivity contribution < 1.29 is 5.11 Å². The highest BCUT2D eigenvalue weighted by Gasteiger charge is 2.08. The Kier molecular flexibility index (Phi) is 3.59. The SMILES string of the molecule is C[C@H](N)Cc1cc(Cl)cc(Br)c1O. The van der Waals surface area contributed by atoms with Gasteiger partial charge in [0.05, 0.1) is 4.47 Å². The maximum atomic E-state index is 9.61. The summed E-state index contributed by atoms with van der Waals surface area (Å²) in [5, 5.41) is 10.2. The smallest absolute Gasteiger partial charge is 0.133 e. The fraction of sp³-hybridized carbons (Fsp3) is 0.333. The van der Waals surface area contributed by atoms with Gasteiger partial charge in [0, 0.05) is 11.1 Å². The first kappa shape index (κ1) is 10.8. The highest BCUT2D eigenvalue weighted by Crippen LogP contribution is 2.31. The first-order valence-electron chi connectivity index (χ1n) is 3.93. The second-order valence-corrected chi connectivity index (χ2v) is 4.37. The van der Waals surface area contributed by atoms with Gasteiger partial charge in [0.25, 0.3) is 0 Å². The Hall–Kier alpha value is -0.250. The molecule has 72 valence electrons. The maximum Gasteiger partial charge on any atom is 0.133 e. The Morgan fingerprint density at radius 3 is 2.77 bits per heavy atom. The molecular weight excluding hydrogens is 253 g/mol. The van der Waals surface area contributed by atoms with Crippen molar-refractivity contribution in [2.45, 2.75) is 19.4 Å². The predicted molar refractivity (Wildman–Crippen MR) is 58.2 cm³/mol. The lowest BCUT2D eigenvalue weighted by Gasteiger charge is -2.09. The highest BCUT2D eigenvalue weighted by molar-refractivity contribution is 9.10. The van der Waals surface area contributed by atoms with Crippen molar-refractivity contribution in [2.24, 2.45) is 5.73 Å². The van der Waals surface area contributed by atoms with Crippen molar-refractivity contribution in [3.8, 4) is 5.75 Å². The van der Waals surface area contributed by atoms with Gasteiger partial charge in [-0.3, -0.25) is 0 Å². The minimum atomic E-state index is 0.0104. The molecule has 3 N–H and O–H groups in total. The third-order valence-corrected chi connectivity index (χ3v) is 2.47. The number of halogens is 2. The van der Waals surface area contributed by atoms with Gasteiger partial charge in [0.1, 0.15) is 5.75 Å². The molecule has 0 saturated heterocycles. The minimum absolute atomic E-state index is 0.0104. The molecule has 0 bridgehead atoms. The predicted octanol–water partition coefficient (Wildman–Crippen LogP) is 2.70. The summed E-state index contributed by atoms with van der Waals surface area (Å²) in [7, 11) is 0. The van der Waals surface area contributed by atoms with E-state index < -0.39 is 0 Å². The van der Waals surface area contributed by atoms with Crippen molar-refractivity contribution in [2.75, 3.05) is 0 Å². The minimum Gasteiger partial charge on any atom is -0.506 e. The van der Waals surface area contributed by atoms with E-state index in [4.69, 9.17) is 17.3 Å². The number of phenolic OH excluding ortho intramolecular Hbond substituents is 1. The van der Waals surface area contributed by atoms with Crippen LogP contribution >= 0.6 is 27.5 Å². The summed E-state index contributed by atoms with van der Waals surface area (Å²) in [6, 6.07) is 3.39. The van der Waals surface area contributed by atoms with Crippen LogP contribution in [0.3, 0.4) is 0 Å². The van der Waals surface area contributed by atoms with E-state index in [1.807, 2.05) is 6.92 Å². The van der Waals surface area contributed by atoms with E-state index in [0.29, 0.717) is 15.9 Å². The van der Waals surface area contributed by atoms with E-state index in [9.17, 15) is 5.11 Å². The monoisotopic (exact) mass is 263 g/mol. The molecule has 0 aliphatic heterocycles. The molecule has 1 rings (SSSR count). The molecule has 0 aliphatic carbocycles. The van der Waals surface area contributed by atoms with Gasteiger partial charge in [0.15, 0.2) is 0 Å².